The first-order valence-corrected chi connectivity index (χ1v) is 17.0. The zero-order valence-corrected chi connectivity index (χ0v) is 26.8. The maximum Gasteiger partial charge on any atom is 0.135 e. The molecule has 0 radical (unpaired) electrons. The van der Waals surface area contributed by atoms with E-state index in [9.17, 15) is 10.5 Å². The number of hydrogen-bond donors (Lipinski definition) is 0. The fourth-order valence-electron chi connectivity index (χ4n) is 8.49. The highest BCUT2D eigenvalue weighted by Crippen LogP contribution is 2.42. The van der Waals surface area contributed by atoms with Gasteiger partial charge in [-0.1, -0.05) is 60.7 Å². The van der Waals surface area contributed by atoms with Gasteiger partial charge in [-0.15, -0.1) is 0 Å². The second-order valence-corrected chi connectivity index (χ2v) is 13.4. The molecule has 5 heteroatoms. The van der Waals surface area contributed by atoms with Crippen LogP contribution in [0.2, 0.25) is 0 Å². The number of para-hydroxylation sites is 2. The summed E-state index contributed by atoms with van der Waals surface area (Å²) in [6.07, 6.45) is 15.5. The SMILES string of the molecule is N#CC1=Cc2c(c3ccccc3n2-c2ccc3oc4c(c3c2)C=C(C2=CC=CC(n3c5ccccc5c5ccc(C#N)cc53)C2)CC4)CC1. The molecule has 232 valence electrons. The normalized spacial score (nSPS) is 17.0. The van der Waals surface area contributed by atoms with Crippen molar-refractivity contribution >= 4 is 55.8 Å². The molecule has 7 aromatic rings. The number of hydrogen-bond acceptors (Lipinski definition) is 3. The number of furan rings is 1. The van der Waals surface area contributed by atoms with Crippen LogP contribution in [0.3, 0.4) is 0 Å². The summed E-state index contributed by atoms with van der Waals surface area (Å²) in [5.41, 5.74) is 13.2. The van der Waals surface area contributed by atoms with Crippen molar-refractivity contribution in [2.75, 3.05) is 0 Å². The molecule has 3 aliphatic rings. The van der Waals surface area contributed by atoms with Gasteiger partial charge in [0.1, 0.15) is 11.3 Å². The third kappa shape index (κ3) is 4.16. The van der Waals surface area contributed by atoms with E-state index in [1.165, 1.54) is 43.9 Å². The zero-order valence-electron chi connectivity index (χ0n) is 26.8. The number of nitriles is 2. The molecule has 0 spiro atoms. The Kier molecular flexibility index (Phi) is 6.01. The minimum Gasteiger partial charge on any atom is -0.460 e. The molecule has 0 N–H and O–H groups in total. The molecule has 3 heterocycles. The van der Waals surface area contributed by atoms with Crippen LogP contribution >= 0.6 is 0 Å². The summed E-state index contributed by atoms with van der Waals surface area (Å²) in [6, 6.07) is 34.5. The Hall–Kier alpha value is -6.30. The number of allylic oxidation sites excluding steroid dienone is 6. The summed E-state index contributed by atoms with van der Waals surface area (Å²) in [5, 5.41) is 24.2. The first kappa shape index (κ1) is 27.8. The Morgan fingerprint density at radius 2 is 1.53 bits per heavy atom. The van der Waals surface area contributed by atoms with Crippen molar-refractivity contribution in [1.82, 2.24) is 9.13 Å². The minimum absolute atomic E-state index is 0.130. The van der Waals surface area contributed by atoms with Crippen molar-refractivity contribution in [3.8, 4) is 17.8 Å². The summed E-state index contributed by atoms with van der Waals surface area (Å²) >= 11 is 0. The summed E-state index contributed by atoms with van der Waals surface area (Å²) in [4.78, 5) is 0. The van der Waals surface area contributed by atoms with E-state index in [0.29, 0.717) is 5.56 Å². The fourth-order valence-corrected chi connectivity index (χ4v) is 8.49. The van der Waals surface area contributed by atoms with Gasteiger partial charge in [0, 0.05) is 50.3 Å². The van der Waals surface area contributed by atoms with Crippen LogP contribution in [0.5, 0.6) is 0 Å². The number of rotatable bonds is 3. The zero-order chi connectivity index (χ0) is 32.6. The van der Waals surface area contributed by atoms with Gasteiger partial charge in [0.2, 0.25) is 0 Å². The molecule has 0 aliphatic heterocycles. The quantitative estimate of drug-likeness (QED) is 0.195. The summed E-state index contributed by atoms with van der Waals surface area (Å²) in [5.74, 6) is 1.04. The van der Waals surface area contributed by atoms with Crippen LogP contribution in [0.4, 0.5) is 0 Å². The van der Waals surface area contributed by atoms with Gasteiger partial charge in [0.15, 0.2) is 0 Å². The third-order valence-electron chi connectivity index (χ3n) is 10.7. The lowest BCUT2D eigenvalue weighted by atomic mass is 9.86. The second kappa shape index (κ2) is 10.6. The predicted octanol–water partition coefficient (Wildman–Crippen LogP) is 10.7. The van der Waals surface area contributed by atoms with Crippen LogP contribution in [0.25, 0.3) is 61.5 Å². The highest BCUT2D eigenvalue weighted by Gasteiger charge is 2.26. The van der Waals surface area contributed by atoms with Gasteiger partial charge in [0.05, 0.1) is 40.5 Å². The smallest absolute Gasteiger partial charge is 0.135 e. The molecule has 3 aromatic heterocycles. The average Bonchev–Trinajstić information content (AvgIpc) is 3.81. The van der Waals surface area contributed by atoms with Crippen LogP contribution in [-0.2, 0) is 12.8 Å². The van der Waals surface area contributed by atoms with E-state index in [-0.39, 0.29) is 6.04 Å². The summed E-state index contributed by atoms with van der Waals surface area (Å²) in [7, 11) is 0. The van der Waals surface area contributed by atoms with Gasteiger partial charge in [0.25, 0.3) is 0 Å². The molecular weight excluding hydrogens is 601 g/mol. The van der Waals surface area contributed by atoms with E-state index in [2.05, 4.69) is 124 Å². The molecule has 1 atom stereocenters. The standard InChI is InChI=1S/C44H30N4O/c45-25-27-12-16-35-33-8-1-3-10-39(33)47(41(35)20-27)31-7-5-6-29(22-31)30-14-18-43-37(23-30)38-24-32(15-19-44(38)49-43)48-40-11-4-2-9-34(40)36-17-13-28(26-46)21-42(36)48/h1-12,15-16,19-21,23-24,31H,13-14,17-18,22H2. The van der Waals surface area contributed by atoms with E-state index in [1.54, 1.807) is 0 Å². The van der Waals surface area contributed by atoms with E-state index in [1.807, 2.05) is 12.1 Å². The Morgan fingerprint density at radius 1 is 0.694 bits per heavy atom. The molecule has 3 aliphatic carbocycles. The van der Waals surface area contributed by atoms with E-state index < -0.39 is 0 Å². The van der Waals surface area contributed by atoms with Gasteiger partial charge >= 0.3 is 0 Å². The fraction of sp³-hybridized carbons (Fsp3) is 0.136. The number of nitrogens with zero attached hydrogens (tertiary/aromatic N) is 4. The van der Waals surface area contributed by atoms with Gasteiger partial charge in [-0.2, -0.15) is 10.5 Å². The van der Waals surface area contributed by atoms with Crippen molar-refractivity contribution in [2.45, 2.75) is 38.1 Å². The predicted molar refractivity (Wildman–Crippen MR) is 196 cm³/mol. The van der Waals surface area contributed by atoms with E-state index in [4.69, 9.17) is 4.42 Å². The number of aryl methyl sites for hydroxylation is 2. The van der Waals surface area contributed by atoms with Crippen LogP contribution < -0.4 is 0 Å². The molecule has 0 bridgehead atoms. The monoisotopic (exact) mass is 630 g/mol. The Balaban J connectivity index is 1.06. The molecule has 1 unspecified atom stereocenters. The summed E-state index contributed by atoms with van der Waals surface area (Å²) in [6.45, 7) is 0. The summed E-state index contributed by atoms with van der Waals surface area (Å²) < 4.78 is 11.2. The van der Waals surface area contributed by atoms with Crippen molar-refractivity contribution in [3.63, 3.8) is 0 Å². The molecule has 0 saturated carbocycles. The van der Waals surface area contributed by atoms with Gasteiger partial charge in [-0.3, -0.25) is 0 Å². The number of benzene rings is 4. The lowest BCUT2D eigenvalue weighted by Gasteiger charge is -2.25. The minimum atomic E-state index is 0.130. The molecule has 10 rings (SSSR count). The van der Waals surface area contributed by atoms with Crippen LogP contribution in [0.15, 0.2) is 124 Å². The lowest BCUT2D eigenvalue weighted by molar-refractivity contribution is 0.542. The topological polar surface area (TPSA) is 70.6 Å². The van der Waals surface area contributed by atoms with Crippen molar-refractivity contribution in [1.29, 1.82) is 10.5 Å². The Morgan fingerprint density at radius 3 is 2.41 bits per heavy atom. The van der Waals surface area contributed by atoms with Gasteiger partial charge in [-0.05, 0) is 97.0 Å². The first-order valence-electron chi connectivity index (χ1n) is 17.0. The lowest BCUT2D eigenvalue weighted by Crippen LogP contribution is -2.11. The van der Waals surface area contributed by atoms with Crippen molar-refractivity contribution in [3.05, 3.63) is 148 Å². The highest BCUT2D eigenvalue weighted by molar-refractivity contribution is 6.08. The van der Waals surface area contributed by atoms with Crippen LogP contribution in [-0.4, -0.2) is 9.13 Å². The Labute approximate surface area is 283 Å². The Bertz CT molecular complexity index is 2780. The van der Waals surface area contributed by atoms with Gasteiger partial charge < -0.3 is 13.6 Å². The molecule has 0 amide bonds. The molecular formula is C44H30N4O. The maximum atomic E-state index is 9.75. The van der Waals surface area contributed by atoms with E-state index >= 15 is 0 Å². The van der Waals surface area contributed by atoms with Crippen LogP contribution in [0.1, 0.15) is 53.4 Å². The number of fused-ring (bicyclic) bond motifs is 9. The molecule has 0 fully saturated rings. The maximum absolute atomic E-state index is 9.75. The molecule has 49 heavy (non-hydrogen) atoms. The van der Waals surface area contributed by atoms with Gasteiger partial charge in [-0.25, -0.2) is 0 Å². The highest BCUT2D eigenvalue weighted by atomic mass is 16.3. The molecule has 4 aromatic carbocycles. The van der Waals surface area contributed by atoms with E-state index in [0.717, 1.165) is 76.8 Å². The molecule has 5 nitrogen and oxygen atoms in total. The van der Waals surface area contributed by atoms with Crippen molar-refractivity contribution in [2.24, 2.45) is 0 Å². The number of aromatic nitrogens is 2. The average molecular weight is 631 g/mol. The van der Waals surface area contributed by atoms with Crippen LogP contribution in [0, 0.1) is 22.7 Å². The first-order chi connectivity index (χ1) is 24.2. The largest absolute Gasteiger partial charge is 0.460 e. The van der Waals surface area contributed by atoms with Crippen molar-refractivity contribution < 1.29 is 4.42 Å². The third-order valence-corrected chi connectivity index (χ3v) is 10.7. The molecule has 0 saturated heterocycles. The second-order valence-electron chi connectivity index (χ2n) is 13.4.